The number of carbonyl (C=O) groups is 1. The van der Waals surface area contributed by atoms with Crippen LogP contribution in [0.15, 0.2) is 53.5 Å². The van der Waals surface area contributed by atoms with Crippen LogP contribution in [0.1, 0.15) is 37.3 Å². The van der Waals surface area contributed by atoms with Crippen LogP contribution in [0.4, 0.5) is 5.69 Å². The van der Waals surface area contributed by atoms with E-state index < -0.39 is 0 Å². The Morgan fingerprint density at radius 1 is 1.14 bits per heavy atom. The standard InChI is InChI=1S/C22H27ClN4O/c1-2-24-22(26-15-18-8-3-4-12-20(18)23)25-14-16-7-5-11-19(13-16)27-21(28)17-9-6-10-17/h3-5,7-8,11-13,17H,2,6,9-10,14-15H2,1H3,(H,27,28)(H2,24,25,26). The average molecular weight is 399 g/mol. The Morgan fingerprint density at radius 3 is 2.68 bits per heavy atom. The van der Waals surface area contributed by atoms with Crippen molar-refractivity contribution in [2.24, 2.45) is 10.9 Å². The maximum absolute atomic E-state index is 12.1. The van der Waals surface area contributed by atoms with Gasteiger partial charge >= 0.3 is 0 Å². The molecule has 0 spiro atoms. The maximum Gasteiger partial charge on any atom is 0.227 e. The number of aliphatic imine (C=N–C) groups is 1. The molecule has 3 N–H and O–H groups in total. The van der Waals surface area contributed by atoms with Crippen molar-refractivity contribution in [2.45, 2.75) is 39.3 Å². The van der Waals surface area contributed by atoms with Gasteiger partial charge in [-0.3, -0.25) is 4.79 Å². The van der Waals surface area contributed by atoms with Gasteiger partial charge in [-0.25, -0.2) is 4.99 Å². The molecule has 0 bridgehead atoms. The molecule has 1 aliphatic rings. The summed E-state index contributed by atoms with van der Waals surface area (Å²) in [5, 5.41) is 10.3. The molecule has 148 valence electrons. The van der Waals surface area contributed by atoms with E-state index in [-0.39, 0.29) is 11.8 Å². The molecule has 2 aromatic carbocycles. The lowest BCUT2D eigenvalue weighted by Crippen LogP contribution is -2.36. The van der Waals surface area contributed by atoms with Gasteiger partial charge in [0.2, 0.25) is 5.91 Å². The van der Waals surface area contributed by atoms with E-state index in [2.05, 4.69) is 20.9 Å². The molecule has 1 saturated carbocycles. The molecule has 0 atom stereocenters. The summed E-state index contributed by atoms with van der Waals surface area (Å²) in [6.07, 6.45) is 3.15. The Kier molecular flexibility index (Phi) is 7.31. The van der Waals surface area contributed by atoms with Crippen LogP contribution < -0.4 is 16.0 Å². The van der Waals surface area contributed by atoms with Gasteiger partial charge in [0.05, 0.1) is 6.54 Å². The van der Waals surface area contributed by atoms with Gasteiger partial charge < -0.3 is 16.0 Å². The third kappa shape index (κ3) is 5.73. The average Bonchev–Trinajstić information content (AvgIpc) is 2.64. The first-order valence-electron chi connectivity index (χ1n) is 9.81. The predicted octanol–water partition coefficient (Wildman–Crippen LogP) is 4.33. The van der Waals surface area contributed by atoms with Gasteiger partial charge in [0.15, 0.2) is 5.96 Å². The van der Waals surface area contributed by atoms with Gasteiger partial charge in [-0.2, -0.15) is 0 Å². The number of rotatable bonds is 7. The second-order valence-corrected chi connectivity index (χ2v) is 7.36. The van der Waals surface area contributed by atoms with Crippen LogP contribution in [-0.2, 0) is 17.9 Å². The van der Waals surface area contributed by atoms with Crippen molar-refractivity contribution in [3.05, 3.63) is 64.7 Å². The van der Waals surface area contributed by atoms with E-state index in [4.69, 9.17) is 11.6 Å². The van der Waals surface area contributed by atoms with Crippen molar-refractivity contribution in [1.29, 1.82) is 0 Å². The van der Waals surface area contributed by atoms with Gasteiger partial charge in [0.1, 0.15) is 0 Å². The van der Waals surface area contributed by atoms with Crippen LogP contribution >= 0.6 is 11.6 Å². The number of carbonyl (C=O) groups excluding carboxylic acids is 1. The Labute approximate surface area is 171 Å². The van der Waals surface area contributed by atoms with E-state index in [0.717, 1.165) is 53.6 Å². The topological polar surface area (TPSA) is 65.5 Å². The van der Waals surface area contributed by atoms with Crippen LogP contribution in [0.2, 0.25) is 5.02 Å². The molecule has 0 heterocycles. The van der Waals surface area contributed by atoms with Gasteiger partial charge in [0.25, 0.3) is 0 Å². The molecule has 0 unspecified atom stereocenters. The summed E-state index contributed by atoms with van der Waals surface area (Å²) in [4.78, 5) is 16.8. The van der Waals surface area contributed by atoms with E-state index in [9.17, 15) is 4.79 Å². The van der Waals surface area contributed by atoms with E-state index in [1.54, 1.807) is 0 Å². The quantitative estimate of drug-likeness (QED) is 0.480. The highest BCUT2D eigenvalue weighted by Crippen LogP contribution is 2.27. The summed E-state index contributed by atoms with van der Waals surface area (Å²) in [6, 6.07) is 15.6. The molecule has 1 fully saturated rings. The van der Waals surface area contributed by atoms with Gasteiger partial charge in [-0.15, -0.1) is 0 Å². The van der Waals surface area contributed by atoms with Crippen LogP contribution in [-0.4, -0.2) is 18.4 Å². The normalized spacial score (nSPS) is 14.3. The molecule has 28 heavy (non-hydrogen) atoms. The van der Waals surface area contributed by atoms with E-state index >= 15 is 0 Å². The third-order valence-corrected chi connectivity index (χ3v) is 5.21. The van der Waals surface area contributed by atoms with Crippen LogP contribution in [0.3, 0.4) is 0 Å². The Balaban J connectivity index is 1.59. The van der Waals surface area contributed by atoms with Crippen molar-refractivity contribution < 1.29 is 4.79 Å². The molecule has 3 rings (SSSR count). The number of halogens is 1. The summed E-state index contributed by atoms with van der Waals surface area (Å²) in [5.41, 5.74) is 2.90. The fraction of sp³-hybridized carbons (Fsp3) is 0.364. The molecule has 0 aromatic heterocycles. The molecular weight excluding hydrogens is 372 g/mol. The lowest BCUT2D eigenvalue weighted by molar-refractivity contribution is -0.122. The van der Waals surface area contributed by atoms with E-state index in [1.807, 2.05) is 55.5 Å². The molecule has 1 amide bonds. The predicted molar refractivity (Wildman–Crippen MR) is 116 cm³/mol. The first kappa shape index (κ1) is 20.2. The van der Waals surface area contributed by atoms with Crippen molar-refractivity contribution >= 4 is 29.2 Å². The molecule has 1 aliphatic carbocycles. The lowest BCUT2D eigenvalue weighted by Gasteiger charge is -2.24. The highest BCUT2D eigenvalue weighted by atomic mass is 35.5. The Morgan fingerprint density at radius 2 is 1.96 bits per heavy atom. The molecule has 0 aliphatic heterocycles. The van der Waals surface area contributed by atoms with Crippen LogP contribution in [0, 0.1) is 5.92 Å². The first-order valence-corrected chi connectivity index (χ1v) is 10.2. The zero-order chi connectivity index (χ0) is 19.8. The Bertz CT molecular complexity index is 833. The number of benzene rings is 2. The molecule has 0 radical (unpaired) electrons. The van der Waals surface area contributed by atoms with Crippen molar-refractivity contribution in [1.82, 2.24) is 10.6 Å². The largest absolute Gasteiger partial charge is 0.357 e. The second kappa shape index (κ2) is 10.1. The monoisotopic (exact) mass is 398 g/mol. The second-order valence-electron chi connectivity index (χ2n) is 6.96. The molecule has 5 nitrogen and oxygen atoms in total. The Hall–Kier alpha value is -2.53. The number of hydrogen-bond acceptors (Lipinski definition) is 2. The van der Waals surface area contributed by atoms with Gasteiger partial charge in [-0.05, 0) is 49.1 Å². The maximum atomic E-state index is 12.1. The highest BCUT2D eigenvalue weighted by molar-refractivity contribution is 6.31. The first-order chi connectivity index (χ1) is 13.7. The number of anilines is 1. The minimum Gasteiger partial charge on any atom is -0.357 e. The molecular formula is C22H27ClN4O. The molecule has 6 heteroatoms. The zero-order valence-corrected chi connectivity index (χ0v) is 16.9. The summed E-state index contributed by atoms with van der Waals surface area (Å²) >= 11 is 6.22. The van der Waals surface area contributed by atoms with Crippen molar-refractivity contribution in [3.63, 3.8) is 0 Å². The number of nitrogens with one attached hydrogen (secondary N) is 3. The van der Waals surface area contributed by atoms with Crippen LogP contribution in [0.25, 0.3) is 0 Å². The van der Waals surface area contributed by atoms with Crippen molar-refractivity contribution in [2.75, 3.05) is 11.9 Å². The summed E-state index contributed by atoms with van der Waals surface area (Å²) in [7, 11) is 0. The minimum atomic E-state index is 0.127. The molecule has 0 saturated heterocycles. The van der Waals surface area contributed by atoms with Gasteiger partial charge in [0, 0.05) is 29.7 Å². The summed E-state index contributed by atoms with van der Waals surface area (Å²) in [5.74, 6) is 1.03. The minimum absolute atomic E-state index is 0.127. The molecule has 2 aromatic rings. The number of nitrogens with zero attached hydrogens (tertiary/aromatic N) is 1. The summed E-state index contributed by atoms with van der Waals surface area (Å²) in [6.45, 7) is 3.92. The number of amides is 1. The third-order valence-electron chi connectivity index (χ3n) is 4.84. The van der Waals surface area contributed by atoms with Crippen LogP contribution in [0.5, 0.6) is 0 Å². The van der Waals surface area contributed by atoms with E-state index in [0.29, 0.717) is 13.1 Å². The fourth-order valence-corrected chi connectivity index (χ4v) is 3.20. The lowest BCUT2D eigenvalue weighted by atomic mass is 9.85. The number of hydrogen-bond donors (Lipinski definition) is 3. The summed E-state index contributed by atoms with van der Waals surface area (Å²) < 4.78 is 0. The highest BCUT2D eigenvalue weighted by Gasteiger charge is 2.25. The van der Waals surface area contributed by atoms with E-state index in [1.165, 1.54) is 0 Å². The smallest absolute Gasteiger partial charge is 0.227 e. The SMILES string of the molecule is CCNC(=NCc1cccc(NC(=O)C2CCC2)c1)NCc1ccccc1Cl. The number of guanidine groups is 1. The zero-order valence-electron chi connectivity index (χ0n) is 16.2. The van der Waals surface area contributed by atoms with Crippen molar-refractivity contribution in [3.8, 4) is 0 Å². The van der Waals surface area contributed by atoms with Gasteiger partial charge in [-0.1, -0.05) is 48.4 Å². The fourth-order valence-electron chi connectivity index (χ4n) is 2.99.